The quantitative estimate of drug-likeness (QED) is 0.245. The van der Waals surface area contributed by atoms with E-state index < -0.39 is 0 Å². The van der Waals surface area contributed by atoms with E-state index in [0.29, 0.717) is 33.3 Å². The summed E-state index contributed by atoms with van der Waals surface area (Å²) in [6.45, 7) is 12.8. The van der Waals surface area contributed by atoms with Crippen LogP contribution in [-0.2, 0) is 16.8 Å². The summed E-state index contributed by atoms with van der Waals surface area (Å²) >= 11 is 13.5. The van der Waals surface area contributed by atoms with Crippen LogP contribution in [0.1, 0.15) is 45.2 Å². The van der Waals surface area contributed by atoms with Crippen molar-refractivity contribution in [3.05, 3.63) is 76.6 Å². The first kappa shape index (κ1) is 26.1. The van der Waals surface area contributed by atoms with Gasteiger partial charge >= 0.3 is 0 Å². The molecule has 0 spiro atoms. The maximum atomic E-state index is 12.5. The molecule has 9 heteroatoms. The van der Waals surface area contributed by atoms with Crippen molar-refractivity contribution in [1.82, 2.24) is 14.8 Å². The number of halogens is 2. The predicted molar refractivity (Wildman–Crippen MR) is 140 cm³/mol. The molecule has 1 heterocycles. The van der Waals surface area contributed by atoms with Crippen LogP contribution in [0.2, 0.25) is 10.0 Å². The second-order valence-electron chi connectivity index (χ2n) is 8.71. The van der Waals surface area contributed by atoms with Crippen molar-refractivity contribution in [2.75, 3.05) is 11.1 Å². The Balaban J connectivity index is 1.68. The van der Waals surface area contributed by atoms with E-state index in [1.165, 1.54) is 17.3 Å². The smallest absolute Gasteiger partial charge is 0.234 e. The highest BCUT2D eigenvalue weighted by atomic mass is 35.5. The third kappa shape index (κ3) is 6.56. The normalized spacial score (nSPS) is 12.3. The van der Waals surface area contributed by atoms with Gasteiger partial charge in [0.05, 0.1) is 21.5 Å². The highest BCUT2D eigenvalue weighted by molar-refractivity contribution is 7.99. The van der Waals surface area contributed by atoms with Crippen molar-refractivity contribution in [1.29, 1.82) is 0 Å². The van der Waals surface area contributed by atoms with Gasteiger partial charge in [-0.3, -0.25) is 9.36 Å². The number of thioether (sulfide) groups is 1. The first-order valence-electron chi connectivity index (χ1n) is 10.8. The molecule has 0 saturated heterocycles. The number of aromatic nitrogens is 3. The van der Waals surface area contributed by atoms with E-state index in [2.05, 4.69) is 55.0 Å². The summed E-state index contributed by atoms with van der Waals surface area (Å²) < 4.78 is 8.01. The summed E-state index contributed by atoms with van der Waals surface area (Å²) in [7, 11) is 0. The minimum Gasteiger partial charge on any atom is -0.483 e. The molecule has 0 saturated carbocycles. The molecule has 3 aromatic rings. The summed E-state index contributed by atoms with van der Waals surface area (Å²) in [5, 5.41) is 12.7. The van der Waals surface area contributed by atoms with Gasteiger partial charge in [-0.15, -0.1) is 16.8 Å². The molecule has 0 aliphatic heterocycles. The lowest BCUT2D eigenvalue weighted by Gasteiger charge is -2.20. The van der Waals surface area contributed by atoms with Crippen LogP contribution >= 0.6 is 35.0 Å². The predicted octanol–water partition coefficient (Wildman–Crippen LogP) is 6.94. The Morgan fingerprint density at radius 3 is 2.41 bits per heavy atom. The number of amides is 1. The maximum Gasteiger partial charge on any atom is 0.234 e. The van der Waals surface area contributed by atoms with Crippen LogP contribution in [0.3, 0.4) is 0 Å². The van der Waals surface area contributed by atoms with Crippen molar-refractivity contribution in [2.24, 2.45) is 0 Å². The second kappa shape index (κ2) is 11.3. The van der Waals surface area contributed by atoms with Crippen LogP contribution in [0, 0.1) is 0 Å². The van der Waals surface area contributed by atoms with Gasteiger partial charge in [-0.2, -0.15) is 0 Å². The van der Waals surface area contributed by atoms with Gasteiger partial charge in [0.2, 0.25) is 5.91 Å². The molecule has 180 valence electrons. The molecule has 1 atom stereocenters. The lowest BCUT2D eigenvalue weighted by Crippen LogP contribution is -2.16. The van der Waals surface area contributed by atoms with E-state index in [9.17, 15) is 4.79 Å². The molecule has 6 nitrogen and oxygen atoms in total. The van der Waals surface area contributed by atoms with Crippen molar-refractivity contribution in [2.45, 2.75) is 50.9 Å². The molecule has 0 aliphatic carbocycles. The van der Waals surface area contributed by atoms with Crippen LogP contribution in [0.4, 0.5) is 5.69 Å². The standard InChI is InChI=1S/C25H28Cl2N4O2S/c1-6-14-31-23(16(2)33-18-12-10-17(11-13-18)25(3,4)5)29-30-24(31)34-15-21(32)28-22-19(26)8-7-9-20(22)27/h6-13,16H,1,14-15H2,2-5H3,(H,28,32). The van der Waals surface area contributed by atoms with Crippen LogP contribution in [0.5, 0.6) is 5.75 Å². The SMILES string of the molecule is C=CCn1c(SCC(=O)Nc2c(Cl)cccc2Cl)nnc1C(C)Oc1ccc(C(C)(C)C)cc1. The Labute approximate surface area is 214 Å². The molecule has 1 N–H and O–H groups in total. The zero-order chi connectivity index (χ0) is 24.9. The number of hydrogen-bond donors (Lipinski definition) is 1. The topological polar surface area (TPSA) is 69.0 Å². The summed E-state index contributed by atoms with van der Waals surface area (Å²) in [6.07, 6.45) is 1.41. The number of hydrogen-bond acceptors (Lipinski definition) is 5. The number of nitrogens with zero attached hydrogens (tertiary/aromatic N) is 3. The fourth-order valence-electron chi connectivity index (χ4n) is 3.22. The molecule has 3 rings (SSSR count). The molecule has 1 aromatic heterocycles. The average Bonchev–Trinajstić information content (AvgIpc) is 3.18. The molecule has 34 heavy (non-hydrogen) atoms. The zero-order valence-electron chi connectivity index (χ0n) is 19.6. The number of para-hydroxylation sites is 1. The summed E-state index contributed by atoms with van der Waals surface area (Å²) in [6, 6.07) is 13.1. The average molecular weight is 519 g/mol. The Morgan fingerprint density at radius 2 is 1.82 bits per heavy atom. The Hall–Kier alpha value is -2.48. The summed E-state index contributed by atoms with van der Waals surface area (Å²) in [5.41, 5.74) is 1.70. The van der Waals surface area contributed by atoms with Gasteiger partial charge in [-0.25, -0.2) is 0 Å². The Bertz CT molecular complexity index is 1140. The van der Waals surface area contributed by atoms with E-state index in [0.717, 1.165) is 5.75 Å². The lowest BCUT2D eigenvalue weighted by molar-refractivity contribution is -0.113. The summed E-state index contributed by atoms with van der Waals surface area (Å²) in [5.74, 6) is 1.26. The molecule has 2 aromatic carbocycles. The minimum atomic E-state index is -0.349. The first-order chi connectivity index (χ1) is 16.1. The molecule has 1 unspecified atom stereocenters. The minimum absolute atomic E-state index is 0.0733. The number of allylic oxidation sites excluding steroid dienone is 1. The number of benzene rings is 2. The van der Waals surface area contributed by atoms with Gasteiger partial charge < -0.3 is 10.1 Å². The number of carbonyl (C=O) groups excluding carboxylic acids is 1. The van der Waals surface area contributed by atoms with Crippen LogP contribution in [0.15, 0.2) is 60.3 Å². The van der Waals surface area contributed by atoms with Gasteiger partial charge in [-0.1, -0.05) is 80.0 Å². The molecule has 0 bridgehead atoms. The van der Waals surface area contributed by atoms with Crippen LogP contribution in [-0.4, -0.2) is 26.4 Å². The maximum absolute atomic E-state index is 12.5. The second-order valence-corrected chi connectivity index (χ2v) is 10.5. The van der Waals surface area contributed by atoms with Crippen molar-refractivity contribution < 1.29 is 9.53 Å². The van der Waals surface area contributed by atoms with Gasteiger partial charge in [0.15, 0.2) is 17.1 Å². The monoisotopic (exact) mass is 518 g/mol. The number of rotatable bonds is 9. The summed E-state index contributed by atoms with van der Waals surface area (Å²) in [4.78, 5) is 12.5. The first-order valence-corrected chi connectivity index (χ1v) is 12.5. The van der Waals surface area contributed by atoms with Crippen molar-refractivity contribution in [3.63, 3.8) is 0 Å². The third-order valence-corrected chi connectivity index (χ3v) is 6.61. The van der Waals surface area contributed by atoms with E-state index in [-0.39, 0.29) is 23.2 Å². The van der Waals surface area contributed by atoms with Crippen molar-refractivity contribution >= 4 is 46.6 Å². The molecular weight excluding hydrogens is 491 g/mol. The fourth-order valence-corrected chi connectivity index (χ4v) is 4.47. The Morgan fingerprint density at radius 1 is 1.18 bits per heavy atom. The van der Waals surface area contributed by atoms with Gasteiger partial charge in [0.25, 0.3) is 0 Å². The van der Waals surface area contributed by atoms with E-state index >= 15 is 0 Å². The Kier molecular flexibility index (Phi) is 8.68. The number of anilines is 1. The van der Waals surface area contributed by atoms with E-state index in [1.807, 2.05) is 23.6 Å². The number of nitrogens with one attached hydrogen (secondary N) is 1. The zero-order valence-corrected chi connectivity index (χ0v) is 22.0. The molecule has 0 radical (unpaired) electrons. The molecule has 0 aliphatic rings. The number of carbonyl (C=O) groups is 1. The number of ether oxygens (including phenoxy) is 1. The molecular formula is C25H28Cl2N4O2S. The molecule has 0 fully saturated rings. The van der Waals surface area contributed by atoms with Crippen LogP contribution < -0.4 is 10.1 Å². The van der Waals surface area contributed by atoms with Gasteiger partial charge in [0.1, 0.15) is 5.75 Å². The fraction of sp³-hybridized carbons (Fsp3) is 0.320. The lowest BCUT2D eigenvalue weighted by atomic mass is 9.87. The van der Waals surface area contributed by atoms with Gasteiger partial charge in [-0.05, 0) is 42.2 Å². The van der Waals surface area contributed by atoms with Crippen molar-refractivity contribution in [3.8, 4) is 5.75 Å². The van der Waals surface area contributed by atoms with E-state index in [1.54, 1.807) is 24.3 Å². The third-order valence-electron chi connectivity index (χ3n) is 5.01. The molecule has 1 amide bonds. The van der Waals surface area contributed by atoms with Crippen LogP contribution in [0.25, 0.3) is 0 Å². The largest absolute Gasteiger partial charge is 0.483 e. The van der Waals surface area contributed by atoms with Gasteiger partial charge in [0, 0.05) is 6.54 Å². The highest BCUT2D eigenvalue weighted by Gasteiger charge is 2.21. The highest BCUT2D eigenvalue weighted by Crippen LogP contribution is 2.31. The van der Waals surface area contributed by atoms with E-state index in [4.69, 9.17) is 27.9 Å².